The molecule has 0 aliphatic heterocycles. The summed E-state index contributed by atoms with van der Waals surface area (Å²) in [4.78, 5) is 6.91. The first kappa shape index (κ1) is 14.5. The van der Waals surface area contributed by atoms with Crippen molar-refractivity contribution < 1.29 is 0 Å². The van der Waals surface area contributed by atoms with Gasteiger partial charge in [0.15, 0.2) is 0 Å². The zero-order chi connectivity index (χ0) is 13.7. The zero-order valence-electron chi connectivity index (χ0n) is 12.5. The van der Waals surface area contributed by atoms with Gasteiger partial charge in [-0.25, -0.2) is 0 Å². The van der Waals surface area contributed by atoms with Crippen LogP contribution < -0.4 is 5.32 Å². The van der Waals surface area contributed by atoms with E-state index in [0.717, 1.165) is 31.5 Å². The maximum atomic E-state index is 4.39. The van der Waals surface area contributed by atoms with Crippen molar-refractivity contribution in [3.05, 3.63) is 30.1 Å². The molecule has 1 saturated carbocycles. The topological polar surface area (TPSA) is 28.2 Å². The van der Waals surface area contributed by atoms with Crippen molar-refractivity contribution in [2.75, 3.05) is 20.1 Å². The SMILES string of the molecule is CC(C)NCC1CCC1N(C)CCc1ccccn1. The third kappa shape index (κ3) is 4.29. The summed E-state index contributed by atoms with van der Waals surface area (Å²) in [7, 11) is 2.26. The summed E-state index contributed by atoms with van der Waals surface area (Å²) in [5.74, 6) is 0.830. The van der Waals surface area contributed by atoms with E-state index in [1.807, 2.05) is 12.3 Å². The van der Waals surface area contributed by atoms with E-state index in [9.17, 15) is 0 Å². The van der Waals surface area contributed by atoms with Crippen LogP contribution in [0, 0.1) is 5.92 Å². The van der Waals surface area contributed by atoms with Gasteiger partial charge in [-0.3, -0.25) is 4.98 Å². The minimum absolute atomic E-state index is 0.597. The third-order valence-electron chi connectivity index (χ3n) is 4.18. The summed E-state index contributed by atoms with van der Waals surface area (Å²) in [6.07, 6.45) is 5.66. The van der Waals surface area contributed by atoms with Crippen LogP contribution in [0.3, 0.4) is 0 Å². The lowest BCUT2D eigenvalue weighted by molar-refractivity contribution is 0.0833. The molecule has 2 unspecified atom stereocenters. The van der Waals surface area contributed by atoms with Gasteiger partial charge in [-0.1, -0.05) is 19.9 Å². The van der Waals surface area contributed by atoms with Gasteiger partial charge in [0.25, 0.3) is 0 Å². The minimum Gasteiger partial charge on any atom is -0.314 e. The number of hydrogen-bond acceptors (Lipinski definition) is 3. The van der Waals surface area contributed by atoms with Crippen LogP contribution in [0.15, 0.2) is 24.4 Å². The Labute approximate surface area is 117 Å². The van der Waals surface area contributed by atoms with Crippen molar-refractivity contribution in [2.45, 2.75) is 45.2 Å². The van der Waals surface area contributed by atoms with Gasteiger partial charge >= 0.3 is 0 Å². The molecule has 1 fully saturated rings. The van der Waals surface area contributed by atoms with E-state index < -0.39 is 0 Å². The van der Waals surface area contributed by atoms with Crippen molar-refractivity contribution in [2.24, 2.45) is 5.92 Å². The van der Waals surface area contributed by atoms with Crippen molar-refractivity contribution in [1.82, 2.24) is 15.2 Å². The standard InChI is InChI=1S/C16H27N3/c1-13(2)18-12-14-7-8-16(14)19(3)11-9-15-6-4-5-10-17-15/h4-6,10,13-14,16,18H,7-9,11-12H2,1-3H3. The highest BCUT2D eigenvalue weighted by Gasteiger charge is 2.33. The first-order chi connectivity index (χ1) is 9.16. The summed E-state index contributed by atoms with van der Waals surface area (Å²) in [6.45, 7) is 6.72. The molecule has 2 atom stereocenters. The second-order valence-corrected chi connectivity index (χ2v) is 6.02. The highest BCUT2D eigenvalue weighted by Crippen LogP contribution is 2.31. The Morgan fingerprint density at radius 3 is 2.79 bits per heavy atom. The molecule has 1 aliphatic rings. The monoisotopic (exact) mass is 261 g/mol. The van der Waals surface area contributed by atoms with Gasteiger partial charge in [-0.2, -0.15) is 0 Å². The van der Waals surface area contributed by atoms with E-state index in [4.69, 9.17) is 0 Å². The van der Waals surface area contributed by atoms with Crippen LogP contribution in [-0.4, -0.2) is 42.1 Å². The molecule has 2 rings (SSSR count). The zero-order valence-corrected chi connectivity index (χ0v) is 12.5. The van der Waals surface area contributed by atoms with Crippen molar-refractivity contribution in [3.8, 4) is 0 Å². The Balaban J connectivity index is 1.72. The first-order valence-electron chi connectivity index (χ1n) is 7.50. The molecule has 0 spiro atoms. The number of pyridine rings is 1. The largest absolute Gasteiger partial charge is 0.314 e. The van der Waals surface area contributed by atoms with Crippen LogP contribution in [-0.2, 0) is 6.42 Å². The van der Waals surface area contributed by atoms with Gasteiger partial charge in [0.2, 0.25) is 0 Å². The van der Waals surface area contributed by atoms with Crippen molar-refractivity contribution in [3.63, 3.8) is 0 Å². The lowest BCUT2D eigenvalue weighted by Gasteiger charge is -2.43. The Morgan fingerprint density at radius 2 is 2.21 bits per heavy atom. The van der Waals surface area contributed by atoms with Crippen LogP contribution in [0.1, 0.15) is 32.4 Å². The second-order valence-electron chi connectivity index (χ2n) is 6.02. The average Bonchev–Trinajstić information content (AvgIpc) is 2.36. The summed E-state index contributed by atoms with van der Waals surface area (Å²) in [5.41, 5.74) is 1.20. The number of nitrogens with zero attached hydrogens (tertiary/aromatic N) is 2. The quantitative estimate of drug-likeness (QED) is 0.816. The molecule has 3 nitrogen and oxygen atoms in total. The van der Waals surface area contributed by atoms with Gasteiger partial charge in [0.1, 0.15) is 0 Å². The molecule has 0 amide bonds. The lowest BCUT2D eigenvalue weighted by Crippen LogP contribution is -2.50. The highest BCUT2D eigenvalue weighted by molar-refractivity contribution is 5.04. The number of hydrogen-bond donors (Lipinski definition) is 1. The molecular weight excluding hydrogens is 234 g/mol. The Morgan fingerprint density at radius 1 is 1.37 bits per heavy atom. The molecule has 0 radical (unpaired) electrons. The van der Waals surface area contributed by atoms with Crippen LogP contribution in [0.2, 0.25) is 0 Å². The number of nitrogens with one attached hydrogen (secondary N) is 1. The molecule has 1 aliphatic carbocycles. The van der Waals surface area contributed by atoms with E-state index in [1.165, 1.54) is 18.5 Å². The van der Waals surface area contributed by atoms with Crippen molar-refractivity contribution in [1.29, 1.82) is 0 Å². The number of aromatic nitrogens is 1. The molecule has 1 heterocycles. The van der Waals surface area contributed by atoms with E-state index in [-0.39, 0.29) is 0 Å². The van der Waals surface area contributed by atoms with E-state index in [1.54, 1.807) is 0 Å². The molecule has 0 aromatic carbocycles. The Bertz CT molecular complexity index is 364. The molecule has 3 heteroatoms. The fourth-order valence-electron chi connectivity index (χ4n) is 2.76. The van der Waals surface area contributed by atoms with Gasteiger partial charge in [-0.15, -0.1) is 0 Å². The van der Waals surface area contributed by atoms with Crippen molar-refractivity contribution >= 4 is 0 Å². The fraction of sp³-hybridized carbons (Fsp3) is 0.688. The van der Waals surface area contributed by atoms with E-state index in [0.29, 0.717) is 6.04 Å². The number of rotatable bonds is 7. The normalized spacial score (nSPS) is 22.8. The van der Waals surface area contributed by atoms with Gasteiger partial charge in [0, 0.05) is 36.9 Å². The van der Waals surface area contributed by atoms with E-state index in [2.05, 4.69) is 48.2 Å². The lowest BCUT2D eigenvalue weighted by atomic mass is 9.78. The predicted molar refractivity (Wildman–Crippen MR) is 80.2 cm³/mol. The maximum absolute atomic E-state index is 4.39. The van der Waals surface area contributed by atoms with Crippen LogP contribution in [0.5, 0.6) is 0 Å². The predicted octanol–water partition coefficient (Wildman–Crippen LogP) is 2.33. The Hall–Kier alpha value is -0.930. The van der Waals surface area contributed by atoms with Gasteiger partial charge < -0.3 is 10.2 Å². The smallest absolute Gasteiger partial charge is 0.0416 e. The Kier molecular flexibility index (Phi) is 5.34. The molecule has 1 N–H and O–H groups in total. The van der Waals surface area contributed by atoms with Crippen LogP contribution >= 0.6 is 0 Å². The third-order valence-corrected chi connectivity index (χ3v) is 4.18. The van der Waals surface area contributed by atoms with Crippen LogP contribution in [0.25, 0.3) is 0 Å². The van der Waals surface area contributed by atoms with Gasteiger partial charge in [0.05, 0.1) is 0 Å². The number of likely N-dealkylation sites (N-methyl/N-ethyl adjacent to an activating group) is 1. The molecule has 1 aromatic heterocycles. The summed E-state index contributed by atoms with van der Waals surface area (Å²) in [6, 6.07) is 7.52. The second kappa shape index (κ2) is 7.01. The molecule has 0 bridgehead atoms. The maximum Gasteiger partial charge on any atom is 0.0416 e. The van der Waals surface area contributed by atoms with E-state index >= 15 is 0 Å². The fourth-order valence-corrected chi connectivity index (χ4v) is 2.76. The van der Waals surface area contributed by atoms with Gasteiger partial charge in [-0.05, 0) is 44.5 Å². The molecule has 106 valence electrons. The average molecular weight is 261 g/mol. The highest BCUT2D eigenvalue weighted by atomic mass is 15.1. The van der Waals surface area contributed by atoms with Crippen LogP contribution in [0.4, 0.5) is 0 Å². The molecular formula is C16H27N3. The molecule has 0 saturated heterocycles. The first-order valence-corrected chi connectivity index (χ1v) is 7.50. The summed E-state index contributed by atoms with van der Waals surface area (Å²) < 4.78 is 0. The molecule has 19 heavy (non-hydrogen) atoms. The summed E-state index contributed by atoms with van der Waals surface area (Å²) >= 11 is 0. The summed E-state index contributed by atoms with van der Waals surface area (Å²) in [5, 5.41) is 3.57. The minimum atomic E-state index is 0.597. The molecule has 1 aromatic rings.